The second-order valence-corrected chi connectivity index (χ2v) is 6.05. The van der Waals surface area contributed by atoms with Crippen LogP contribution in [-0.2, 0) is 14.3 Å². The van der Waals surface area contributed by atoms with Gasteiger partial charge in [0.25, 0.3) is 0 Å². The number of aliphatic hydroxyl groups excluding tert-OH is 1. The number of ether oxygens (including phenoxy) is 1. The third-order valence-electron chi connectivity index (χ3n) is 4.30. The number of aliphatic hydroxyl groups is 1. The van der Waals surface area contributed by atoms with Gasteiger partial charge >= 0.3 is 0 Å². The van der Waals surface area contributed by atoms with E-state index in [1.807, 2.05) is 4.90 Å². The number of likely N-dealkylation sites (tertiary alicyclic amines) is 1. The van der Waals surface area contributed by atoms with Crippen molar-refractivity contribution in [2.24, 2.45) is 11.8 Å². The molecule has 2 rings (SSSR count). The second kappa shape index (κ2) is 7.75. The van der Waals surface area contributed by atoms with Crippen LogP contribution >= 0.6 is 0 Å². The van der Waals surface area contributed by atoms with Gasteiger partial charge in [-0.05, 0) is 32.1 Å². The van der Waals surface area contributed by atoms with Crippen LogP contribution in [0.1, 0.15) is 32.1 Å². The van der Waals surface area contributed by atoms with Crippen LogP contribution in [0, 0.1) is 11.8 Å². The van der Waals surface area contributed by atoms with Gasteiger partial charge in [-0.1, -0.05) is 0 Å². The highest BCUT2D eigenvalue weighted by Crippen LogP contribution is 2.32. The predicted molar refractivity (Wildman–Crippen MR) is 77.5 cm³/mol. The highest BCUT2D eigenvalue weighted by molar-refractivity contribution is 5.82. The lowest BCUT2D eigenvalue weighted by Crippen LogP contribution is -2.46. The second-order valence-electron chi connectivity index (χ2n) is 6.05. The summed E-state index contributed by atoms with van der Waals surface area (Å²) < 4.78 is 5.05. The fraction of sp³-hybridized carbons (Fsp3) is 0.867. The van der Waals surface area contributed by atoms with Crippen molar-refractivity contribution in [3.05, 3.63) is 0 Å². The van der Waals surface area contributed by atoms with E-state index in [0.717, 1.165) is 25.7 Å². The molecular weight excluding hydrogens is 272 g/mol. The Bertz CT molecular complexity index is 357. The molecule has 6 nitrogen and oxygen atoms in total. The minimum Gasteiger partial charge on any atom is -0.396 e. The van der Waals surface area contributed by atoms with E-state index in [4.69, 9.17) is 9.84 Å². The first-order chi connectivity index (χ1) is 10.2. The molecule has 0 bridgehead atoms. The Morgan fingerprint density at radius 1 is 1.24 bits per heavy atom. The van der Waals surface area contributed by atoms with Crippen molar-refractivity contribution in [1.82, 2.24) is 10.2 Å². The lowest BCUT2D eigenvalue weighted by Gasteiger charge is -2.32. The fourth-order valence-corrected chi connectivity index (χ4v) is 2.82. The molecule has 2 amide bonds. The highest BCUT2D eigenvalue weighted by atomic mass is 16.5. The molecule has 21 heavy (non-hydrogen) atoms. The minimum absolute atomic E-state index is 0.0176. The average Bonchev–Trinajstić information content (AvgIpc) is 3.32. The van der Waals surface area contributed by atoms with Crippen molar-refractivity contribution in [3.63, 3.8) is 0 Å². The molecule has 120 valence electrons. The van der Waals surface area contributed by atoms with E-state index in [1.165, 1.54) is 0 Å². The third-order valence-corrected chi connectivity index (χ3v) is 4.30. The summed E-state index contributed by atoms with van der Waals surface area (Å²) >= 11 is 0. The maximum absolute atomic E-state index is 12.2. The SMILES string of the molecule is COCC(CCO)NC(=O)C1CCN(C(=O)C2CC2)CC1. The van der Waals surface area contributed by atoms with Gasteiger partial charge in [-0.2, -0.15) is 0 Å². The van der Waals surface area contributed by atoms with Crippen LogP contribution in [0.2, 0.25) is 0 Å². The van der Waals surface area contributed by atoms with Crippen molar-refractivity contribution in [1.29, 1.82) is 0 Å². The van der Waals surface area contributed by atoms with Crippen LogP contribution in [0.5, 0.6) is 0 Å². The summed E-state index contributed by atoms with van der Waals surface area (Å²) in [4.78, 5) is 26.1. The number of hydrogen-bond acceptors (Lipinski definition) is 4. The van der Waals surface area contributed by atoms with Gasteiger partial charge in [0.2, 0.25) is 11.8 Å². The van der Waals surface area contributed by atoms with E-state index in [1.54, 1.807) is 7.11 Å². The number of piperidine rings is 1. The number of methoxy groups -OCH3 is 1. The zero-order valence-electron chi connectivity index (χ0n) is 12.7. The molecule has 1 saturated heterocycles. The molecule has 6 heteroatoms. The number of nitrogens with one attached hydrogen (secondary N) is 1. The number of amides is 2. The summed E-state index contributed by atoms with van der Waals surface area (Å²) in [7, 11) is 1.58. The third kappa shape index (κ3) is 4.68. The van der Waals surface area contributed by atoms with E-state index in [-0.39, 0.29) is 36.3 Å². The Morgan fingerprint density at radius 2 is 1.90 bits per heavy atom. The molecular formula is C15H26N2O4. The van der Waals surface area contributed by atoms with Gasteiger partial charge < -0.3 is 20.1 Å². The first kappa shape index (κ1) is 16.2. The molecule has 0 aromatic rings. The first-order valence-electron chi connectivity index (χ1n) is 7.84. The molecule has 1 atom stereocenters. The maximum Gasteiger partial charge on any atom is 0.225 e. The number of carbonyl (C=O) groups excluding carboxylic acids is 2. The van der Waals surface area contributed by atoms with Gasteiger partial charge in [0.05, 0.1) is 12.6 Å². The van der Waals surface area contributed by atoms with Gasteiger partial charge in [-0.15, -0.1) is 0 Å². The topological polar surface area (TPSA) is 78.9 Å². The van der Waals surface area contributed by atoms with Crippen LogP contribution in [0.3, 0.4) is 0 Å². The minimum atomic E-state index is -0.140. The van der Waals surface area contributed by atoms with Crippen LogP contribution in [0.4, 0.5) is 0 Å². The molecule has 1 aliphatic heterocycles. The van der Waals surface area contributed by atoms with E-state index >= 15 is 0 Å². The Morgan fingerprint density at radius 3 is 2.43 bits per heavy atom. The Hall–Kier alpha value is -1.14. The predicted octanol–water partition coefficient (Wildman–Crippen LogP) is 0.149. The van der Waals surface area contributed by atoms with Crippen molar-refractivity contribution in [2.75, 3.05) is 33.4 Å². The van der Waals surface area contributed by atoms with Crippen molar-refractivity contribution >= 4 is 11.8 Å². The number of carbonyl (C=O) groups is 2. The lowest BCUT2D eigenvalue weighted by atomic mass is 9.95. The van der Waals surface area contributed by atoms with E-state index < -0.39 is 0 Å². The van der Waals surface area contributed by atoms with Gasteiger partial charge in [0, 0.05) is 38.6 Å². The zero-order chi connectivity index (χ0) is 15.2. The summed E-state index contributed by atoms with van der Waals surface area (Å²) in [6.07, 6.45) is 4.00. The summed E-state index contributed by atoms with van der Waals surface area (Å²) in [5, 5.41) is 11.9. The standard InChI is InChI=1S/C15H26N2O4/c1-21-10-13(6-9-18)16-14(19)11-4-7-17(8-5-11)15(20)12-2-3-12/h11-13,18H,2-10H2,1H3,(H,16,19). The Labute approximate surface area is 125 Å². The lowest BCUT2D eigenvalue weighted by molar-refractivity contribution is -0.137. The van der Waals surface area contributed by atoms with Crippen LogP contribution < -0.4 is 5.32 Å². The maximum atomic E-state index is 12.2. The molecule has 0 radical (unpaired) electrons. The van der Waals surface area contributed by atoms with Crippen molar-refractivity contribution in [3.8, 4) is 0 Å². The van der Waals surface area contributed by atoms with Crippen LogP contribution in [-0.4, -0.2) is 61.3 Å². The molecule has 0 aromatic heterocycles. The van der Waals surface area contributed by atoms with Crippen LogP contribution in [0.25, 0.3) is 0 Å². The van der Waals surface area contributed by atoms with E-state index in [0.29, 0.717) is 26.1 Å². The van der Waals surface area contributed by atoms with E-state index in [9.17, 15) is 9.59 Å². The quantitative estimate of drug-likeness (QED) is 0.701. The molecule has 2 fully saturated rings. The van der Waals surface area contributed by atoms with Gasteiger partial charge in [0.1, 0.15) is 0 Å². The molecule has 1 aliphatic carbocycles. The molecule has 0 aromatic carbocycles. The molecule has 0 spiro atoms. The highest BCUT2D eigenvalue weighted by Gasteiger charge is 2.36. The Balaban J connectivity index is 1.75. The monoisotopic (exact) mass is 298 g/mol. The molecule has 2 N–H and O–H groups in total. The largest absolute Gasteiger partial charge is 0.396 e. The summed E-state index contributed by atoms with van der Waals surface area (Å²) in [5.41, 5.74) is 0. The number of rotatable bonds is 7. The zero-order valence-corrected chi connectivity index (χ0v) is 12.7. The normalized spacial score (nSPS) is 21.1. The smallest absolute Gasteiger partial charge is 0.225 e. The fourth-order valence-electron chi connectivity index (χ4n) is 2.82. The number of nitrogens with zero attached hydrogens (tertiary/aromatic N) is 1. The molecule has 1 heterocycles. The molecule has 1 saturated carbocycles. The summed E-state index contributed by atoms with van der Waals surface area (Å²) in [6.45, 7) is 1.80. The van der Waals surface area contributed by atoms with Crippen LogP contribution in [0.15, 0.2) is 0 Å². The van der Waals surface area contributed by atoms with Gasteiger partial charge in [0.15, 0.2) is 0 Å². The molecule has 2 aliphatic rings. The van der Waals surface area contributed by atoms with Gasteiger partial charge in [-0.3, -0.25) is 9.59 Å². The van der Waals surface area contributed by atoms with Crippen molar-refractivity contribution < 1.29 is 19.4 Å². The van der Waals surface area contributed by atoms with Crippen molar-refractivity contribution in [2.45, 2.75) is 38.1 Å². The summed E-state index contributed by atoms with van der Waals surface area (Å²) in [5.74, 6) is 0.507. The van der Waals surface area contributed by atoms with Gasteiger partial charge in [-0.25, -0.2) is 0 Å². The average molecular weight is 298 g/mol. The number of hydrogen-bond donors (Lipinski definition) is 2. The first-order valence-corrected chi connectivity index (χ1v) is 7.84. The molecule has 1 unspecified atom stereocenters. The summed E-state index contributed by atoms with van der Waals surface area (Å²) in [6, 6.07) is -0.140. The Kier molecular flexibility index (Phi) is 5.99. The van der Waals surface area contributed by atoms with E-state index in [2.05, 4.69) is 5.32 Å².